The molecule has 0 aromatic heterocycles. The summed E-state index contributed by atoms with van der Waals surface area (Å²) in [6.07, 6.45) is -1.97. The zero-order chi connectivity index (χ0) is 21.9. The van der Waals surface area contributed by atoms with E-state index >= 15 is 0 Å². The number of hydrogen-bond acceptors (Lipinski definition) is 2. The van der Waals surface area contributed by atoms with E-state index in [0.717, 1.165) is 37.1 Å². The van der Waals surface area contributed by atoms with Crippen molar-refractivity contribution in [2.45, 2.75) is 44.6 Å². The third-order valence-corrected chi connectivity index (χ3v) is 4.77. The average Bonchev–Trinajstić information content (AvgIpc) is 3.18. The van der Waals surface area contributed by atoms with Crippen LogP contribution >= 0.6 is 0 Å². The fourth-order valence-electron chi connectivity index (χ4n) is 3.40. The van der Waals surface area contributed by atoms with Gasteiger partial charge in [-0.2, -0.15) is 0 Å². The normalized spacial score (nSPS) is 14.6. The second kappa shape index (κ2) is 8.85. The molecule has 0 spiro atoms. The van der Waals surface area contributed by atoms with Gasteiger partial charge in [0.15, 0.2) is 23.2 Å². The molecule has 30 heavy (non-hydrogen) atoms. The van der Waals surface area contributed by atoms with Crippen LogP contribution in [0.1, 0.15) is 31.2 Å². The SMILES string of the molecule is O=C(Nc1ccc(F)c(F)c1)N(Cc1ccc(F)c(OC(F)(F)F)c1)C1CCCC1. The molecule has 1 aliphatic rings. The van der Waals surface area contributed by atoms with E-state index in [-0.39, 0.29) is 23.8 Å². The van der Waals surface area contributed by atoms with Gasteiger partial charge in [0.25, 0.3) is 0 Å². The van der Waals surface area contributed by atoms with E-state index in [0.29, 0.717) is 12.8 Å². The molecule has 162 valence electrons. The van der Waals surface area contributed by atoms with Gasteiger partial charge in [-0.1, -0.05) is 18.9 Å². The summed E-state index contributed by atoms with van der Waals surface area (Å²) in [5.41, 5.74) is 0.255. The number of alkyl halides is 3. The molecule has 0 aliphatic heterocycles. The van der Waals surface area contributed by atoms with Gasteiger partial charge in [-0.15, -0.1) is 13.2 Å². The maximum Gasteiger partial charge on any atom is 0.573 e. The molecule has 0 heterocycles. The Balaban J connectivity index is 1.81. The van der Waals surface area contributed by atoms with Gasteiger partial charge in [-0.3, -0.25) is 0 Å². The van der Waals surface area contributed by atoms with E-state index in [4.69, 9.17) is 0 Å². The number of nitrogens with zero attached hydrogens (tertiary/aromatic N) is 1. The van der Waals surface area contributed by atoms with E-state index in [1.54, 1.807) is 0 Å². The highest BCUT2D eigenvalue weighted by Crippen LogP contribution is 2.29. The summed E-state index contributed by atoms with van der Waals surface area (Å²) in [5, 5.41) is 2.47. The van der Waals surface area contributed by atoms with Crippen molar-refractivity contribution in [1.82, 2.24) is 4.90 Å². The number of rotatable bonds is 5. The first kappa shape index (κ1) is 21.8. The molecule has 0 saturated heterocycles. The number of hydrogen-bond donors (Lipinski definition) is 1. The molecule has 1 N–H and O–H groups in total. The fraction of sp³-hybridized carbons (Fsp3) is 0.350. The molecule has 2 aromatic rings. The topological polar surface area (TPSA) is 41.6 Å². The molecule has 0 radical (unpaired) electrons. The summed E-state index contributed by atoms with van der Waals surface area (Å²) in [7, 11) is 0. The van der Waals surface area contributed by atoms with Crippen LogP contribution in [0.4, 0.5) is 36.8 Å². The molecule has 4 nitrogen and oxygen atoms in total. The van der Waals surface area contributed by atoms with Gasteiger partial charge in [-0.25, -0.2) is 18.0 Å². The van der Waals surface area contributed by atoms with Gasteiger partial charge in [0.1, 0.15) is 0 Å². The van der Waals surface area contributed by atoms with Crippen LogP contribution in [0, 0.1) is 17.5 Å². The molecule has 0 unspecified atom stereocenters. The zero-order valence-electron chi connectivity index (χ0n) is 15.6. The monoisotopic (exact) mass is 432 g/mol. The molecule has 10 heteroatoms. The lowest BCUT2D eigenvalue weighted by molar-refractivity contribution is -0.275. The molecular weight excluding hydrogens is 414 g/mol. The van der Waals surface area contributed by atoms with Crippen molar-refractivity contribution in [2.75, 3.05) is 5.32 Å². The molecule has 1 saturated carbocycles. The van der Waals surface area contributed by atoms with Crippen LogP contribution in [0.5, 0.6) is 5.75 Å². The van der Waals surface area contributed by atoms with Crippen molar-refractivity contribution in [3.63, 3.8) is 0 Å². The third kappa shape index (κ3) is 5.58. The Morgan fingerprint density at radius 1 is 1.00 bits per heavy atom. The van der Waals surface area contributed by atoms with E-state index in [1.807, 2.05) is 0 Å². The number of anilines is 1. The van der Waals surface area contributed by atoms with E-state index in [9.17, 15) is 31.1 Å². The van der Waals surface area contributed by atoms with Crippen molar-refractivity contribution in [3.8, 4) is 5.75 Å². The summed E-state index contributed by atoms with van der Waals surface area (Å²) < 4.78 is 81.3. The van der Waals surface area contributed by atoms with Crippen molar-refractivity contribution in [1.29, 1.82) is 0 Å². The van der Waals surface area contributed by atoms with Crippen LogP contribution < -0.4 is 10.1 Å². The molecule has 1 aliphatic carbocycles. The smallest absolute Gasteiger partial charge is 0.403 e. The molecule has 1 fully saturated rings. The Hall–Kier alpha value is -2.91. The largest absolute Gasteiger partial charge is 0.573 e. The lowest BCUT2D eigenvalue weighted by Gasteiger charge is -2.29. The summed E-state index contributed by atoms with van der Waals surface area (Å²) in [6.45, 7) is -0.116. The van der Waals surface area contributed by atoms with E-state index < -0.39 is 35.6 Å². The number of ether oxygens (including phenoxy) is 1. The first-order valence-corrected chi connectivity index (χ1v) is 9.19. The van der Waals surface area contributed by atoms with E-state index in [2.05, 4.69) is 10.1 Å². The lowest BCUT2D eigenvalue weighted by Crippen LogP contribution is -2.41. The zero-order valence-corrected chi connectivity index (χ0v) is 15.6. The molecule has 3 rings (SSSR count). The molecule has 2 aromatic carbocycles. The standard InChI is InChI=1S/C20H18F6N2O2/c21-15-8-6-13(10-17(15)23)27-19(29)28(14-3-1-2-4-14)11-12-5-7-16(22)18(9-12)30-20(24,25)26/h5-10,14H,1-4,11H2,(H,27,29). The Bertz CT molecular complexity index is 913. The predicted molar refractivity (Wildman–Crippen MR) is 96.3 cm³/mol. The third-order valence-electron chi connectivity index (χ3n) is 4.77. The maximum atomic E-state index is 13.7. The lowest BCUT2D eigenvalue weighted by atomic mass is 10.1. The fourth-order valence-corrected chi connectivity index (χ4v) is 3.40. The Morgan fingerprint density at radius 3 is 2.30 bits per heavy atom. The van der Waals surface area contributed by atoms with Crippen LogP contribution in [-0.2, 0) is 6.54 Å². The molecule has 0 atom stereocenters. The van der Waals surface area contributed by atoms with Crippen LogP contribution in [0.15, 0.2) is 36.4 Å². The average molecular weight is 432 g/mol. The summed E-state index contributed by atoms with van der Waals surface area (Å²) in [6, 6.07) is 5.02. The van der Waals surface area contributed by atoms with Crippen LogP contribution in [0.2, 0.25) is 0 Å². The number of amides is 2. The van der Waals surface area contributed by atoms with Crippen molar-refractivity contribution in [2.24, 2.45) is 0 Å². The van der Waals surface area contributed by atoms with Crippen LogP contribution in [0.25, 0.3) is 0 Å². The Labute approximate surface area is 168 Å². The quantitative estimate of drug-likeness (QED) is 0.591. The number of benzene rings is 2. The first-order valence-electron chi connectivity index (χ1n) is 9.19. The first-order chi connectivity index (χ1) is 14.1. The van der Waals surface area contributed by atoms with Crippen LogP contribution in [-0.4, -0.2) is 23.3 Å². The highest BCUT2D eigenvalue weighted by molar-refractivity contribution is 5.89. The second-order valence-corrected chi connectivity index (χ2v) is 6.94. The number of carbonyl (C=O) groups is 1. The maximum absolute atomic E-state index is 13.7. The highest BCUT2D eigenvalue weighted by atomic mass is 19.4. The number of nitrogens with one attached hydrogen (secondary N) is 1. The van der Waals surface area contributed by atoms with Gasteiger partial charge in [0, 0.05) is 24.3 Å². The van der Waals surface area contributed by atoms with Crippen molar-refractivity contribution in [3.05, 3.63) is 59.4 Å². The number of carbonyl (C=O) groups excluding carboxylic acids is 1. The van der Waals surface area contributed by atoms with Crippen LogP contribution in [0.3, 0.4) is 0 Å². The van der Waals surface area contributed by atoms with Gasteiger partial charge in [0.2, 0.25) is 0 Å². The second-order valence-electron chi connectivity index (χ2n) is 6.94. The molecular formula is C20H18F6N2O2. The van der Waals surface area contributed by atoms with Crippen molar-refractivity contribution < 1.29 is 35.9 Å². The van der Waals surface area contributed by atoms with Gasteiger partial charge in [-0.05, 0) is 42.7 Å². The Morgan fingerprint density at radius 2 is 1.67 bits per heavy atom. The predicted octanol–water partition coefficient (Wildman–Crippen LogP) is 5.98. The summed E-state index contributed by atoms with van der Waals surface area (Å²) in [4.78, 5) is 14.2. The van der Waals surface area contributed by atoms with Gasteiger partial charge >= 0.3 is 12.4 Å². The number of halogens is 6. The molecule has 2 amide bonds. The highest BCUT2D eigenvalue weighted by Gasteiger charge is 2.33. The van der Waals surface area contributed by atoms with E-state index in [1.165, 1.54) is 17.0 Å². The minimum Gasteiger partial charge on any atom is -0.403 e. The summed E-state index contributed by atoms with van der Waals surface area (Å²) >= 11 is 0. The van der Waals surface area contributed by atoms with Crippen molar-refractivity contribution >= 4 is 11.7 Å². The van der Waals surface area contributed by atoms with Gasteiger partial charge in [0.05, 0.1) is 0 Å². The molecule has 0 bridgehead atoms. The Kier molecular flexibility index (Phi) is 6.42. The minimum atomic E-state index is -5.06. The van der Waals surface area contributed by atoms with Gasteiger partial charge < -0.3 is 15.0 Å². The summed E-state index contributed by atoms with van der Waals surface area (Å²) in [5.74, 6) is -4.38. The number of urea groups is 1. The minimum absolute atomic E-state index is 0.0297.